The van der Waals surface area contributed by atoms with Gasteiger partial charge in [0.2, 0.25) is 0 Å². The predicted molar refractivity (Wildman–Crippen MR) is 127 cm³/mol. The molecule has 1 saturated heterocycles. The van der Waals surface area contributed by atoms with Crippen LogP contribution in [0.3, 0.4) is 0 Å². The van der Waals surface area contributed by atoms with Gasteiger partial charge in [-0.25, -0.2) is 0 Å². The van der Waals surface area contributed by atoms with Gasteiger partial charge in [0.1, 0.15) is 5.75 Å². The van der Waals surface area contributed by atoms with Gasteiger partial charge in [0, 0.05) is 30.6 Å². The van der Waals surface area contributed by atoms with Gasteiger partial charge in [-0.05, 0) is 61.1 Å². The van der Waals surface area contributed by atoms with Crippen molar-refractivity contribution in [2.75, 3.05) is 39.5 Å². The minimum Gasteiger partial charge on any atom is -0.494 e. The summed E-state index contributed by atoms with van der Waals surface area (Å²) in [6.45, 7) is 11.0. The van der Waals surface area contributed by atoms with Gasteiger partial charge in [-0.15, -0.1) is 0 Å². The molecule has 3 rings (SSSR count). The Kier molecular flexibility index (Phi) is 8.79. The van der Waals surface area contributed by atoms with Gasteiger partial charge in [-0.2, -0.15) is 0 Å². The van der Waals surface area contributed by atoms with Gasteiger partial charge in [0.25, 0.3) is 0 Å². The van der Waals surface area contributed by atoms with Crippen LogP contribution in [0.4, 0.5) is 0 Å². The van der Waals surface area contributed by atoms with Crippen LogP contribution in [0.15, 0.2) is 48.5 Å². The second kappa shape index (κ2) is 11.3. The molecule has 31 heavy (non-hydrogen) atoms. The van der Waals surface area contributed by atoms with Crippen molar-refractivity contribution in [1.82, 2.24) is 4.90 Å². The minimum atomic E-state index is -0.999. The van der Waals surface area contributed by atoms with E-state index in [2.05, 4.69) is 30.9 Å². The Morgan fingerprint density at radius 2 is 1.71 bits per heavy atom. The van der Waals surface area contributed by atoms with Crippen molar-refractivity contribution in [2.24, 2.45) is 5.92 Å². The SMILES string of the molecule is CCOc1ccc([C@](O)(CCC(C)C)[C@H](CN2CCOCC2)c2ccc(Cl)cc2)cc1. The van der Waals surface area contributed by atoms with Gasteiger partial charge < -0.3 is 14.6 Å². The van der Waals surface area contributed by atoms with Crippen LogP contribution in [0, 0.1) is 5.92 Å². The van der Waals surface area contributed by atoms with E-state index in [0.29, 0.717) is 24.0 Å². The lowest BCUT2D eigenvalue weighted by Gasteiger charge is -2.41. The standard InChI is InChI=1S/C26H36ClNO3/c1-4-31-24-11-7-22(8-12-24)26(29,14-13-20(2)3)25(19-28-15-17-30-18-16-28)21-5-9-23(27)10-6-21/h5-12,20,25,29H,4,13-19H2,1-3H3/t25-,26-/m1/s1. The largest absolute Gasteiger partial charge is 0.494 e. The van der Waals surface area contributed by atoms with Crippen molar-refractivity contribution in [3.63, 3.8) is 0 Å². The Labute approximate surface area is 192 Å². The molecule has 0 saturated carbocycles. The summed E-state index contributed by atoms with van der Waals surface area (Å²) in [5, 5.41) is 13.0. The fourth-order valence-electron chi connectivity index (χ4n) is 4.30. The van der Waals surface area contributed by atoms with Crippen LogP contribution < -0.4 is 4.74 Å². The summed E-state index contributed by atoms with van der Waals surface area (Å²) in [6.07, 6.45) is 1.63. The van der Waals surface area contributed by atoms with Crippen LogP contribution in [0.5, 0.6) is 5.75 Å². The zero-order valence-corrected chi connectivity index (χ0v) is 19.8. The Balaban J connectivity index is 2.00. The number of nitrogens with zero attached hydrogens (tertiary/aromatic N) is 1. The highest BCUT2D eigenvalue weighted by molar-refractivity contribution is 6.30. The molecule has 0 unspecified atom stereocenters. The molecule has 2 aromatic carbocycles. The van der Waals surface area contributed by atoms with Crippen molar-refractivity contribution in [3.05, 3.63) is 64.7 Å². The quantitative estimate of drug-likeness (QED) is 0.525. The number of ether oxygens (including phenoxy) is 2. The zero-order chi connectivity index (χ0) is 22.3. The lowest BCUT2D eigenvalue weighted by molar-refractivity contribution is -0.0311. The molecule has 2 atom stereocenters. The molecule has 2 aromatic rings. The van der Waals surface area contributed by atoms with Crippen LogP contribution in [0.25, 0.3) is 0 Å². The molecule has 1 heterocycles. The number of rotatable bonds is 10. The van der Waals surface area contributed by atoms with E-state index >= 15 is 0 Å². The highest BCUT2D eigenvalue weighted by Crippen LogP contribution is 2.43. The number of benzene rings is 2. The Hall–Kier alpha value is -1.59. The number of halogens is 1. The van der Waals surface area contributed by atoms with E-state index < -0.39 is 5.60 Å². The Bertz CT molecular complexity index is 787. The van der Waals surface area contributed by atoms with Crippen molar-refractivity contribution < 1.29 is 14.6 Å². The second-order valence-electron chi connectivity index (χ2n) is 8.83. The monoisotopic (exact) mass is 445 g/mol. The molecule has 4 nitrogen and oxygen atoms in total. The number of hydrogen-bond acceptors (Lipinski definition) is 4. The summed E-state index contributed by atoms with van der Waals surface area (Å²) < 4.78 is 11.2. The smallest absolute Gasteiger partial charge is 0.119 e. The van der Waals surface area contributed by atoms with Gasteiger partial charge in [-0.3, -0.25) is 4.90 Å². The van der Waals surface area contributed by atoms with Crippen LogP contribution in [0.2, 0.25) is 5.02 Å². The maximum absolute atomic E-state index is 12.3. The molecular formula is C26H36ClNO3. The summed E-state index contributed by atoms with van der Waals surface area (Å²) in [7, 11) is 0. The van der Waals surface area contributed by atoms with Gasteiger partial charge in [-0.1, -0.05) is 49.7 Å². The maximum atomic E-state index is 12.3. The highest BCUT2D eigenvalue weighted by Gasteiger charge is 2.40. The predicted octanol–water partition coefficient (Wildman–Crippen LogP) is 5.48. The molecule has 1 aliphatic rings. The maximum Gasteiger partial charge on any atom is 0.119 e. The summed E-state index contributed by atoms with van der Waals surface area (Å²) >= 11 is 6.19. The summed E-state index contributed by atoms with van der Waals surface area (Å²) in [5.74, 6) is 1.25. The van der Waals surface area contributed by atoms with Gasteiger partial charge >= 0.3 is 0 Å². The van der Waals surface area contributed by atoms with E-state index in [1.165, 1.54) is 0 Å². The lowest BCUT2D eigenvalue weighted by Crippen LogP contribution is -2.45. The topological polar surface area (TPSA) is 41.9 Å². The lowest BCUT2D eigenvalue weighted by atomic mass is 9.73. The summed E-state index contributed by atoms with van der Waals surface area (Å²) in [5.41, 5.74) is 1.04. The van der Waals surface area contributed by atoms with Crippen molar-refractivity contribution in [1.29, 1.82) is 0 Å². The Morgan fingerprint density at radius 3 is 2.29 bits per heavy atom. The zero-order valence-electron chi connectivity index (χ0n) is 19.0. The van der Waals surface area contributed by atoms with Crippen LogP contribution in [-0.2, 0) is 10.3 Å². The van der Waals surface area contributed by atoms with Crippen molar-refractivity contribution in [2.45, 2.75) is 45.1 Å². The number of aliphatic hydroxyl groups is 1. The molecule has 170 valence electrons. The molecule has 5 heteroatoms. The molecule has 0 aromatic heterocycles. The molecule has 0 radical (unpaired) electrons. The first-order chi connectivity index (χ1) is 14.9. The Morgan fingerprint density at radius 1 is 1.06 bits per heavy atom. The first-order valence-electron chi connectivity index (χ1n) is 11.4. The molecule has 0 spiro atoms. The third kappa shape index (κ3) is 6.45. The summed E-state index contributed by atoms with van der Waals surface area (Å²) in [6, 6.07) is 15.9. The average Bonchev–Trinajstić information content (AvgIpc) is 2.78. The number of hydrogen-bond donors (Lipinski definition) is 1. The van der Waals surface area contributed by atoms with E-state index in [9.17, 15) is 5.11 Å². The third-order valence-electron chi connectivity index (χ3n) is 6.16. The first-order valence-corrected chi connectivity index (χ1v) is 11.8. The molecule has 0 bridgehead atoms. The molecule has 0 amide bonds. The van der Waals surface area contributed by atoms with Gasteiger partial charge in [0.05, 0.1) is 25.4 Å². The molecule has 1 N–H and O–H groups in total. The van der Waals surface area contributed by atoms with Crippen molar-refractivity contribution >= 4 is 11.6 Å². The van der Waals surface area contributed by atoms with E-state index in [0.717, 1.165) is 56.1 Å². The van der Waals surface area contributed by atoms with Crippen LogP contribution in [-0.4, -0.2) is 49.5 Å². The summed E-state index contributed by atoms with van der Waals surface area (Å²) in [4.78, 5) is 2.40. The molecule has 0 aliphatic carbocycles. The van der Waals surface area contributed by atoms with E-state index in [1.54, 1.807) is 0 Å². The molecule has 1 fully saturated rings. The fourth-order valence-corrected chi connectivity index (χ4v) is 4.43. The minimum absolute atomic E-state index is 0.0837. The normalized spacial score (nSPS) is 18.0. The van der Waals surface area contributed by atoms with Crippen molar-refractivity contribution in [3.8, 4) is 5.75 Å². The van der Waals surface area contributed by atoms with Crippen LogP contribution in [0.1, 0.15) is 50.7 Å². The molecular weight excluding hydrogens is 410 g/mol. The number of morpholine rings is 1. The van der Waals surface area contributed by atoms with E-state index in [-0.39, 0.29) is 5.92 Å². The van der Waals surface area contributed by atoms with Gasteiger partial charge in [0.15, 0.2) is 0 Å². The van der Waals surface area contributed by atoms with Crippen LogP contribution >= 0.6 is 11.6 Å². The second-order valence-corrected chi connectivity index (χ2v) is 9.27. The fraction of sp³-hybridized carbons (Fsp3) is 0.538. The highest BCUT2D eigenvalue weighted by atomic mass is 35.5. The first kappa shape index (κ1) is 24.1. The average molecular weight is 446 g/mol. The third-order valence-corrected chi connectivity index (χ3v) is 6.41. The molecule has 1 aliphatic heterocycles. The van der Waals surface area contributed by atoms with E-state index in [4.69, 9.17) is 21.1 Å². The van der Waals surface area contributed by atoms with E-state index in [1.807, 2.05) is 43.3 Å².